The second kappa shape index (κ2) is 9.30. The van der Waals surface area contributed by atoms with E-state index in [4.69, 9.17) is 5.73 Å². The molecule has 0 aromatic heterocycles. The molecule has 0 saturated carbocycles. The minimum Gasteiger partial charge on any atom is -0.355 e. The molecule has 1 atom stereocenters. The number of carbonyl (C=O) groups is 2. The lowest BCUT2D eigenvalue weighted by Crippen LogP contribution is -2.46. The van der Waals surface area contributed by atoms with Crippen molar-refractivity contribution in [3.8, 4) is 0 Å². The summed E-state index contributed by atoms with van der Waals surface area (Å²) < 4.78 is 0. The van der Waals surface area contributed by atoms with Crippen molar-refractivity contribution in [1.82, 2.24) is 10.2 Å². The predicted octanol–water partition coefficient (Wildman–Crippen LogP) is 0.0514. The van der Waals surface area contributed by atoms with Crippen LogP contribution in [0.2, 0.25) is 0 Å². The third-order valence-electron chi connectivity index (χ3n) is 2.28. The Kier molecular flexibility index (Phi) is 8.89. The van der Waals surface area contributed by atoms with Crippen LogP contribution in [0.5, 0.6) is 0 Å². The molecule has 0 aromatic rings. The summed E-state index contributed by atoms with van der Waals surface area (Å²) >= 11 is 1.65. The Labute approximate surface area is 107 Å². The van der Waals surface area contributed by atoms with Crippen LogP contribution in [0, 0.1) is 0 Å². The number of nitrogens with two attached hydrogens (primary N) is 1. The minimum absolute atomic E-state index is 0.0752. The number of amides is 2. The summed E-state index contributed by atoms with van der Waals surface area (Å²) in [4.78, 5) is 24.6. The number of likely N-dealkylation sites (N-methyl/N-ethyl adjacent to an activating group) is 1. The molecule has 0 rings (SSSR count). The average Bonchev–Trinajstić information content (AvgIpc) is 2.32. The lowest BCUT2D eigenvalue weighted by Gasteiger charge is -2.20. The van der Waals surface area contributed by atoms with E-state index in [1.165, 1.54) is 4.90 Å². The van der Waals surface area contributed by atoms with E-state index >= 15 is 0 Å². The molecule has 100 valence electrons. The van der Waals surface area contributed by atoms with E-state index in [0.717, 1.165) is 12.2 Å². The van der Waals surface area contributed by atoms with E-state index in [1.54, 1.807) is 18.8 Å². The summed E-state index contributed by atoms with van der Waals surface area (Å²) in [5, 5.41) is 2.72. The summed E-state index contributed by atoms with van der Waals surface area (Å²) in [7, 11) is 1.60. The number of nitrogens with zero attached hydrogens (tertiary/aromatic N) is 1. The summed E-state index contributed by atoms with van der Waals surface area (Å²) in [6, 6.07) is -0.508. The van der Waals surface area contributed by atoms with Gasteiger partial charge in [0.1, 0.15) is 0 Å². The maximum atomic E-state index is 11.8. The molecule has 17 heavy (non-hydrogen) atoms. The van der Waals surface area contributed by atoms with Gasteiger partial charge >= 0.3 is 0 Å². The van der Waals surface area contributed by atoms with Gasteiger partial charge in [-0.15, -0.1) is 0 Å². The average molecular weight is 261 g/mol. The number of carbonyl (C=O) groups excluding carboxylic acids is 2. The van der Waals surface area contributed by atoms with Gasteiger partial charge in [0, 0.05) is 13.6 Å². The fourth-order valence-corrected chi connectivity index (χ4v) is 1.75. The van der Waals surface area contributed by atoms with Gasteiger partial charge in [-0.05, 0) is 24.9 Å². The van der Waals surface area contributed by atoms with Crippen LogP contribution in [0.1, 0.15) is 19.8 Å². The first kappa shape index (κ1) is 16.2. The van der Waals surface area contributed by atoms with Crippen LogP contribution >= 0.6 is 11.8 Å². The van der Waals surface area contributed by atoms with Crippen molar-refractivity contribution in [1.29, 1.82) is 0 Å². The first-order valence-electron chi connectivity index (χ1n) is 5.79. The number of hydrogen-bond acceptors (Lipinski definition) is 4. The molecule has 0 aliphatic rings. The van der Waals surface area contributed by atoms with Gasteiger partial charge in [0.15, 0.2) is 0 Å². The van der Waals surface area contributed by atoms with Gasteiger partial charge in [-0.3, -0.25) is 9.59 Å². The van der Waals surface area contributed by atoms with Gasteiger partial charge in [0.05, 0.1) is 12.6 Å². The third kappa shape index (κ3) is 7.23. The second-order valence-electron chi connectivity index (χ2n) is 3.93. The molecular formula is C11H23N3O2S. The van der Waals surface area contributed by atoms with Crippen LogP contribution < -0.4 is 11.1 Å². The van der Waals surface area contributed by atoms with Crippen molar-refractivity contribution in [3.05, 3.63) is 0 Å². The Balaban J connectivity index is 3.99. The number of thioether (sulfide) groups is 1. The van der Waals surface area contributed by atoms with Crippen LogP contribution in [0.4, 0.5) is 0 Å². The number of hydrogen-bond donors (Lipinski definition) is 2. The largest absolute Gasteiger partial charge is 0.355 e. The maximum Gasteiger partial charge on any atom is 0.239 e. The highest BCUT2D eigenvalue weighted by Crippen LogP contribution is 2.01. The fourth-order valence-electron chi connectivity index (χ4n) is 1.27. The van der Waals surface area contributed by atoms with Crippen LogP contribution in [-0.4, -0.2) is 54.9 Å². The van der Waals surface area contributed by atoms with Crippen molar-refractivity contribution < 1.29 is 9.59 Å². The van der Waals surface area contributed by atoms with E-state index < -0.39 is 6.04 Å². The molecule has 0 aliphatic heterocycles. The summed E-state index contributed by atoms with van der Waals surface area (Å²) in [6.45, 7) is 2.69. The Morgan fingerprint density at radius 1 is 1.47 bits per heavy atom. The SMILES string of the molecule is CCCNC(=O)CN(C)C(=O)[C@H](N)CCSC. The Hall–Kier alpha value is -0.750. The first-order chi connectivity index (χ1) is 8.02. The van der Waals surface area contributed by atoms with Crippen LogP contribution in [0.3, 0.4) is 0 Å². The molecule has 0 fully saturated rings. The highest BCUT2D eigenvalue weighted by Gasteiger charge is 2.19. The second-order valence-corrected chi connectivity index (χ2v) is 4.92. The molecule has 6 heteroatoms. The Morgan fingerprint density at radius 2 is 2.12 bits per heavy atom. The molecule has 0 spiro atoms. The van der Waals surface area contributed by atoms with Crippen molar-refractivity contribution in [2.45, 2.75) is 25.8 Å². The number of rotatable bonds is 8. The van der Waals surface area contributed by atoms with Crippen LogP contribution in [-0.2, 0) is 9.59 Å². The molecule has 0 saturated heterocycles. The van der Waals surface area contributed by atoms with E-state index in [0.29, 0.717) is 13.0 Å². The van der Waals surface area contributed by atoms with Gasteiger partial charge < -0.3 is 16.0 Å². The predicted molar refractivity (Wildman–Crippen MR) is 71.9 cm³/mol. The third-order valence-corrected chi connectivity index (χ3v) is 2.92. The van der Waals surface area contributed by atoms with Gasteiger partial charge in [0.25, 0.3) is 0 Å². The zero-order valence-corrected chi connectivity index (χ0v) is 11.7. The Morgan fingerprint density at radius 3 is 2.65 bits per heavy atom. The molecule has 0 bridgehead atoms. The van der Waals surface area contributed by atoms with Crippen LogP contribution in [0.15, 0.2) is 0 Å². The van der Waals surface area contributed by atoms with E-state index in [2.05, 4.69) is 5.32 Å². The molecule has 3 N–H and O–H groups in total. The van der Waals surface area contributed by atoms with Gasteiger partial charge in [-0.1, -0.05) is 6.92 Å². The van der Waals surface area contributed by atoms with E-state index in [9.17, 15) is 9.59 Å². The fraction of sp³-hybridized carbons (Fsp3) is 0.818. The summed E-state index contributed by atoms with van der Waals surface area (Å²) in [6.07, 6.45) is 3.50. The van der Waals surface area contributed by atoms with Gasteiger partial charge in [-0.2, -0.15) is 11.8 Å². The lowest BCUT2D eigenvalue weighted by molar-refractivity contribution is -0.135. The quantitative estimate of drug-likeness (QED) is 0.647. The Bertz CT molecular complexity index is 249. The van der Waals surface area contributed by atoms with E-state index in [1.807, 2.05) is 13.2 Å². The molecular weight excluding hydrogens is 238 g/mol. The molecule has 0 aromatic carbocycles. The summed E-state index contributed by atoms with van der Waals surface area (Å²) in [5.41, 5.74) is 5.74. The van der Waals surface area contributed by atoms with Gasteiger partial charge in [0.2, 0.25) is 11.8 Å². The zero-order chi connectivity index (χ0) is 13.3. The summed E-state index contributed by atoms with van der Waals surface area (Å²) in [5.74, 6) is 0.536. The monoisotopic (exact) mass is 261 g/mol. The number of nitrogens with one attached hydrogen (secondary N) is 1. The highest BCUT2D eigenvalue weighted by molar-refractivity contribution is 7.98. The van der Waals surface area contributed by atoms with Crippen molar-refractivity contribution >= 4 is 23.6 Å². The first-order valence-corrected chi connectivity index (χ1v) is 7.18. The lowest BCUT2D eigenvalue weighted by atomic mass is 10.2. The maximum absolute atomic E-state index is 11.8. The normalized spacial score (nSPS) is 12.0. The van der Waals surface area contributed by atoms with Crippen molar-refractivity contribution in [2.24, 2.45) is 5.73 Å². The molecule has 0 heterocycles. The topological polar surface area (TPSA) is 75.4 Å². The molecule has 5 nitrogen and oxygen atoms in total. The smallest absolute Gasteiger partial charge is 0.239 e. The van der Waals surface area contributed by atoms with Crippen molar-refractivity contribution in [2.75, 3.05) is 32.1 Å². The van der Waals surface area contributed by atoms with E-state index in [-0.39, 0.29) is 18.4 Å². The molecule has 0 aliphatic carbocycles. The van der Waals surface area contributed by atoms with Crippen LogP contribution in [0.25, 0.3) is 0 Å². The van der Waals surface area contributed by atoms with Gasteiger partial charge in [-0.25, -0.2) is 0 Å². The van der Waals surface area contributed by atoms with Crippen molar-refractivity contribution in [3.63, 3.8) is 0 Å². The minimum atomic E-state index is -0.508. The molecule has 0 unspecified atom stereocenters. The molecule has 2 amide bonds. The zero-order valence-electron chi connectivity index (χ0n) is 10.9. The molecule has 0 radical (unpaired) electrons. The standard InChI is InChI=1S/C11H23N3O2S/c1-4-6-13-10(15)8-14(2)11(16)9(12)5-7-17-3/h9H,4-8,12H2,1-3H3,(H,13,15)/t9-/m1/s1. The highest BCUT2D eigenvalue weighted by atomic mass is 32.2.